The number of rotatable bonds is 9. The Kier molecular flexibility index (Phi) is 7.23. The lowest BCUT2D eigenvalue weighted by atomic mass is 10.2. The van der Waals surface area contributed by atoms with Gasteiger partial charge in [-0.3, -0.25) is 4.98 Å². The van der Waals surface area contributed by atoms with Crippen LogP contribution in [-0.4, -0.2) is 30.4 Å². The number of sulfonamides is 1. The van der Waals surface area contributed by atoms with Crippen LogP contribution in [0.15, 0.2) is 78.0 Å². The van der Waals surface area contributed by atoms with E-state index in [2.05, 4.69) is 30.3 Å². The Labute approximate surface area is 204 Å². The Morgan fingerprint density at radius 2 is 1.69 bits per heavy atom. The van der Waals surface area contributed by atoms with Crippen molar-refractivity contribution in [2.75, 3.05) is 17.7 Å². The molecule has 2 aromatic carbocycles. The third-order valence-electron chi connectivity index (χ3n) is 5.11. The molecular formula is C25H26N6O3S. The van der Waals surface area contributed by atoms with E-state index in [0.717, 1.165) is 22.7 Å². The van der Waals surface area contributed by atoms with E-state index in [1.165, 1.54) is 7.05 Å². The molecule has 0 aliphatic carbocycles. The molecule has 0 atom stereocenters. The highest BCUT2D eigenvalue weighted by Gasteiger charge is 2.15. The Morgan fingerprint density at radius 3 is 2.40 bits per heavy atom. The maximum absolute atomic E-state index is 12.3. The lowest BCUT2D eigenvalue weighted by molar-refractivity contribution is 0.306. The first-order chi connectivity index (χ1) is 16.8. The quantitative estimate of drug-likeness (QED) is 0.315. The fourth-order valence-corrected chi connectivity index (χ4v) is 4.32. The molecule has 0 amide bonds. The first kappa shape index (κ1) is 24.1. The van der Waals surface area contributed by atoms with Crippen LogP contribution in [0.25, 0.3) is 0 Å². The zero-order chi connectivity index (χ0) is 24.8. The summed E-state index contributed by atoms with van der Waals surface area (Å²) in [5.41, 5.74) is 3.79. The van der Waals surface area contributed by atoms with E-state index in [1.54, 1.807) is 37.5 Å². The molecule has 0 bridgehead atoms. The molecule has 35 heavy (non-hydrogen) atoms. The van der Waals surface area contributed by atoms with Crippen molar-refractivity contribution in [2.24, 2.45) is 0 Å². The molecule has 180 valence electrons. The van der Waals surface area contributed by atoms with Gasteiger partial charge in [-0.25, -0.2) is 18.1 Å². The molecule has 9 nitrogen and oxygen atoms in total. The molecule has 10 heteroatoms. The summed E-state index contributed by atoms with van der Waals surface area (Å²) in [4.78, 5) is 13.2. The highest BCUT2D eigenvalue weighted by Crippen LogP contribution is 2.24. The first-order valence-electron chi connectivity index (χ1n) is 10.9. The molecule has 0 radical (unpaired) electrons. The number of aryl methyl sites for hydroxylation is 2. The van der Waals surface area contributed by atoms with Crippen LogP contribution in [0.4, 0.5) is 23.1 Å². The second-order valence-corrected chi connectivity index (χ2v) is 9.69. The fraction of sp³-hybridized carbons (Fsp3) is 0.160. The summed E-state index contributed by atoms with van der Waals surface area (Å²) in [7, 11) is -2.20. The van der Waals surface area contributed by atoms with Crippen molar-refractivity contribution in [2.45, 2.75) is 25.3 Å². The third-order valence-corrected chi connectivity index (χ3v) is 6.67. The van der Waals surface area contributed by atoms with Gasteiger partial charge in [-0.15, -0.1) is 0 Å². The summed E-state index contributed by atoms with van der Waals surface area (Å²) >= 11 is 0. The molecule has 0 aliphatic heterocycles. The lowest BCUT2D eigenvalue weighted by Crippen LogP contribution is -2.19. The van der Waals surface area contributed by atoms with Crippen LogP contribution in [0.3, 0.4) is 0 Å². The van der Waals surface area contributed by atoms with E-state index in [0.29, 0.717) is 29.6 Å². The van der Waals surface area contributed by atoms with Crippen LogP contribution in [0.1, 0.15) is 16.8 Å². The summed E-state index contributed by atoms with van der Waals surface area (Å²) in [6.45, 7) is 4.05. The molecule has 2 heterocycles. The standard InChI is InChI=1S/C25H26N6O3S/c1-17-6-7-21(14-23(17)35(32,33)26-3)30-25-28-18(2)13-24(31-25)29-20-8-10-22(11-9-20)34-16-19-5-4-12-27-15-19/h4-15,26H,16H2,1-3H3,(H2,28,29,30,31). The van der Waals surface area contributed by atoms with Gasteiger partial charge in [0.15, 0.2) is 0 Å². The van der Waals surface area contributed by atoms with Crippen LogP contribution >= 0.6 is 0 Å². The van der Waals surface area contributed by atoms with Gasteiger partial charge in [-0.1, -0.05) is 12.1 Å². The van der Waals surface area contributed by atoms with E-state index in [1.807, 2.05) is 49.4 Å². The Morgan fingerprint density at radius 1 is 0.914 bits per heavy atom. The Balaban J connectivity index is 1.46. The number of hydrogen-bond donors (Lipinski definition) is 3. The van der Waals surface area contributed by atoms with Gasteiger partial charge < -0.3 is 15.4 Å². The van der Waals surface area contributed by atoms with Crippen LogP contribution in [-0.2, 0) is 16.6 Å². The normalized spacial score (nSPS) is 11.2. The molecule has 2 aromatic heterocycles. The predicted octanol–water partition coefficient (Wildman–Crippen LogP) is 4.46. The van der Waals surface area contributed by atoms with Gasteiger partial charge in [0, 0.05) is 41.1 Å². The van der Waals surface area contributed by atoms with Crippen molar-refractivity contribution in [3.05, 3.63) is 89.9 Å². The minimum absolute atomic E-state index is 0.196. The summed E-state index contributed by atoms with van der Waals surface area (Å²) in [5.74, 6) is 1.69. The van der Waals surface area contributed by atoms with E-state index in [-0.39, 0.29) is 4.90 Å². The van der Waals surface area contributed by atoms with Crippen molar-refractivity contribution in [1.29, 1.82) is 0 Å². The number of pyridine rings is 1. The average molecular weight is 491 g/mol. The number of nitrogens with zero attached hydrogens (tertiary/aromatic N) is 3. The minimum Gasteiger partial charge on any atom is -0.489 e. The molecule has 0 aliphatic rings. The third kappa shape index (κ3) is 6.31. The smallest absolute Gasteiger partial charge is 0.240 e. The summed E-state index contributed by atoms with van der Waals surface area (Å²) < 4.78 is 32.7. The van der Waals surface area contributed by atoms with Crippen molar-refractivity contribution in [3.63, 3.8) is 0 Å². The molecule has 0 saturated heterocycles. The van der Waals surface area contributed by atoms with Crippen LogP contribution < -0.4 is 20.1 Å². The van der Waals surface area contributed by atoms with Gasteiger partial charge in [0.25, 0.3) is 0 Å². The predicted molar refractivity (Wildman–Crippen MR) is 136 cm³/mol. The second-order valence-electron chi connectivity index (χ2n) is 7.83. The van der Waals surface area contributed by atoms with Crippen molar-refractivity contribution < 1.29 is 13.2 Å². The highest BCUT2D eigenvalue weighted by atomic mass is 32.2. The summed E-state index contributed by atoms with van der Waals surface area (Å²) in [6.07, 6.45) is 3.50. The Hall–Kier alpha value is -4.02. The molecule has 0 fully saturated rings. The number of aromatic nitrogens is 3. The molecule has 4 rings (SSSR count). The van der Waals surface area contributed by atoms with E-state index in [4.69, 9.17) is 4.74 Å². The fourth-order valence-electron chi connectivity index (χ4n) is 3.33. The number of nitrogens with one attached hydrogen (secondary N) is 3. The van der Waals surface area contributed by atoms with Gasteiger partial charge in [0.05, 0.1) is 4.90 Å². The first-order valence-corrected chi connectivity index (χ1v) is 12.4. The van der Waals surface area contributed by atoms with Crippen molar-refractivity contribution in [1.82, 2.24) is 19.7 Å². The van der Waals surface area contributed by atoms with Crippen molar-refractivity contribution >= 4 is 33.2 Å². The van der Waals surface area contributed by atoms with Gasteiger partial charge in [-0.05, 0) is 68.9 Å². The maximum atomic E-state index is 12.3. The minimum atomic E-state index is -3.58. The maximum Gasteiger partial charge on any atom is 0.240 e. The molecular weight excluding hydrogens is 464 g/mol. The number of hydrogen-bond acceptors (Lipinski definition) is 8. The lowest BCUT2D eigenvalue weighted by Gasteiger charge is -2.12. The monoisotopic (exact) mass is 490 g/mol. The number of benzene rings is 2. The Bertz CT molecular complexity index is 1410. The zero-order valence-electron chi connectivity index (χ0n) is 19.6. The average Bonchev–Trinajstić information content (AvgIpc) is 2.85. The topological polar surface area (TPSA) is 118 Å². The molecule has 0 unspecified atom stereocenters. The molecule has 0 saturated carbocycles. The SMILES string of the molecule is CNS(=O)(=O)c1cc(Nc2nc(C)cc(Nc3ccc(OCc4cccnc4)cc3)n2)ccc1C. The molecule has 3 N–H and O–H groups in total. The largest absolute Gasteiger partial charge is 0.489 e. The number of ether oxygens (including phenoxy) is 1. The molecule has 4 aromatic rings. The zero-order valence-corrected chi connectivity index (χ0v) is 20.4. The van der Waals surface area contributed by atoms with Crippen LogP contribution in [0.5, 0.6) is 5.75 Å². The van der Waals surface area contributed by atoms with Gasteiger partial charge >= 0.3 is 0 Å². The van der Waals surface area contributed by atoms with Gasteiger partial charge in [-0.2, -0.15) is 4.98 Å². The van der Waals surface area contributed by atoms with Crippen LogP contribution in [0, 0.1) is 13.8 Å². The van der Waals surface area contributed by atoms with Gasteiger partial charge in [0.1, 0.15) is 18.2 Å². The summed E-state index contributed by atoms with van der Waals surface area (Å²) in [6, 6.07) is 18.3. The van der Waals surface area contributed by atoms with Crippen LogP contribution in [0.2, 0.25) is 0 Å². The second kappa shape index (κ2) is 10.5. The summed E-state index contributed by atoms with van der Waals surface area (Å²) in [5, 5.41) is 6.36. The highest BCUT2D eigenvalue weighted by molar-refractivity contribution is 7.89. The van der Waals surface area contributed by atoms with E-state index in [9.17, 15) is 8.42 Å². The number of anilines is 4. The van der Waals surface area contributed by atoms with Crippen molar-refractivity contribution in [3.8, 4) is 5.75 Å². The molecule has 0 spiro atoms. The van der Waals surface area contributed by atoms with E-state index < -0.39 is 10.0 Å². The van der Waals surface area contributed by atoms with E-state index >= 15 is 0 Å². The van der Waals surface area contributed by atoms with Gasteiger partial charge in [0.2, 0.25) is 16.0 Å².